The van der Waals surface area contributed by atoms with Crippen molar-refractivity contribution in [3.8, 4) is 0 Å². The SMILES string of the molecule is Cn1nnc(NS(=O)(=O)c2cc(N)c(F)cc2Cl)n1. The molecule has 0 fully saturated rings. The topological polar surface area (TPSA) is 116 Å². The molecule has 3 N–H and O–H groups in total. The molecule has 2 aromatic rings. The maximum atomic E-state index is 13.1. The van der Waals surface area contributed by atoms with Gasteiger partial charge in [0, 0.05) is 0 Å². The first-order chi connectivity index (χ1) is 8.79. The highest BCUT2D eigenvalue weighted by Gasteiger charge is 2.22. The van der Waals surface area contributed by atoms with Crippen LogP contribution in [0.4, 0.5) is 16.0 Å². The van der Waals surface area contributed by atoms with Gasteiger partial charge in [0.1, 0.15) is 10.7 Å². The lowest BCUT2D eigenvalue weighted by molar-refractivity contribution is 0.599. The van der Waals surface area contributed by atoms with Crippen LogP contribution in [0.3, 0.4) is 0 Å². The average Bonchev–Trinajstić information content (AvgIpc) is 2.68. The number of hydrogen-bond donors (Lipinski definition) is 2. The fourth-order valence-corrected chi connectivity index (χ4v) is 2.74. The maximum Gasteiger partial charge on any atom is 0.277 e. The summed E-state index contributed by atoms with van der Waals surface area (Å²) < 4.78 is 39.2. The second-order valence-corrected chi connectivity index (χ2v) is 5.57. The molecule has 8 nitrogen and oxygen atoms in total. The maximum absolute atomic E-state index is 13.1. The van der Waals surface area contributed by atoms with Gasteiger partial charge < -0.3 is 5.73 Å². The van der Waals surface area contributed by atoms with E-state index in [-0.39, 0.29) is 21.6 Å². The first-order valence-electron chi connectivity index (χ1n) is 4.81. The molecule has 0 unspecified atom stereocenters. The number of aromatic nitrogens is 4. The molecule has 19 heavy (non-hydrogen) atoms. The Hall–Kier alpha value is -1.94. The number of nitrogens with zero attached hydrogens (tertiary/aromatic N) is 4. The molecule has 1 aromatic heterocycles. The minimum absolute atomic E-state index is 0.235. The highest BCUT2D eigenvalue weighted by atomic mass is 35.5. The van der Waals surface area contributed by atoms with Crippen LogP contribution in [0, 0.1) is 5.82 Å². The van der Waals surface area contributed by atoms with Crippen molar-refractivity contribution in [3.05, 3.63) is 23.0 Å². The van der Waals surface area contributed by atoms with Crippen LogP contribution in [-0.4, -0.2) is 28.6 Å². The molecule has 0 saturated carbocycles. The number of rotatable bonds is 3. The summed E-state index contributed by atoms with van der Waals surface area (Å²) in [7, 11) is -2.61. The van der Waals surface area contributed by atoms with E-state index in [0.717, 1.165) is 16.9 Å². The van der Waals surface area contributed by atoms with Crippen molar-refractivity contribution in [3.63, 3.8) is 0 Å². The van der Waals surface area contributed by atoms with Gasteiger partial charge in [-0.15, -0.1) is 5.10 Å². The lowest BCUT2D eigenvalue weighted by Crippen LogP contribution is -2.15. The Bertz CT molecular complexity index is 731. The molecule has 0 aliphatic rings. The predicted molar refractivity (Wildman–Crippen MR) is 65.4 cm³/mol. The largest absolute Gasteiger partial charge is 0.396 e. The number of hydrogen-bond acceptors (Lipinski definition) is 6. The molecule has 0 atom stereocenters. The zero-order valence-electron chi connectivity index (χ0n) is 9.50. The van der Waals surface area contributed by atoms with Crippen molar-refractivity contribution in [1.82, 2.24) is 20.2 Å². The van der Waals surface area contributed by atoms with E-state index in [1.54, 1.807) is 0 Å². The smallest absolute Gasteiger partial charge is 0.277 e. The summed E-state index contributed by atoms with van der Waals surface area (Å²) in [5.41, 5.74) is 4.97. The number of nitrogens with two attached hydrogens (primary N) is 1. The summed E-state index contributed by atoms with van der Waals surface area (Å²) in [5.74, 6) is -1.04. The highest BCUT2D eigenvalue weighted by Crippen LogP contribution is 2.27. The van der Waals surface area contributed by atoms with Gasteiger partial charge in [-0.1, -0.05) is 16.7 Å². The van der Waals surface area contributed by atoms with Crippen molar-refractivity contribution in [2.24, 2.45) is 7.05 Å². The third kappa shape index (κ3) is 2.74. The van der Waals surface area contributed by atoms with Crippen molar-refractivity contribution in [1.29, 1.82) is 0 Å². The van der Waals surface area contributed by atoms with Gasteiger partial charge in [-0.05, 0) is 17.3 Å². The van der Waals surface area contributed by atoms with Gasteiger partial charge in [0.05, 0.1) is 17.8 Å². The molecule has 11 heteroatoms. The van der Waals surface area contributed by atoms with E-state index >= 15 is 0 Å². The van der Waals surface area contributed by atoms with Gasteiger partial charge in [-0.3, -0.25) is 0 Å². The molecule has 102 valence electrons. The van der Waals surface area contributed by atoms with Crippen LogP contribution in [0.15, 0.2) is 17.0 Å². The van der Waals surface area contributed by atoms with Crippen molar-refractivity contribution in [2.45, 2.75) is 4.90 Å². The lowest BCUT2D eigenvalue weighted by atomic mass is 10.3. The summed E-state index contributed by atoms with van der Waals surface area (Å²) >= 11 is 5.68. The Labute approximate surface area is 112 Å². The van der Waals surface area contributed by atoms with Crippen LogP contribution in [0.25, 0.3) is 0 Å². The van der Waals surface area contributed by atoms with Crippen LogP contribution in [0.5, 0.6) is 0 Å². The minimum Gasteiger partial charge on any atom is -0.396 e. The zero-order valence-corrected chi connectivity index (χ0v) is 11.1. The molecular formula is C8H8ClFN6O2S. The summed E-state index contributed by atoms with van der Waals surface area (Å²) in [6.07, 6.45) is 0. The summed E-state index contributed by atoms with van der Waals surface area (Å²) in [4.78, 5) is 0.693. The Balaban J connectivity index is 2.42. The molecule has 0 spiro atoms. The summed E-state index contributed by atoms with van der Waals surface area (Å²) in [6.45, 7) is 0. The molecule has 0 aliphatic heterocycles. The molecule has 0 aliphatic carbocycles. The van der Waals surface area contributed by atoms with Crippen LogP contribution < -0.4 is 10.5 Å². The molecule has 2 rings (SSSR count). The standard InChI is InChI=1S/C8H8ClFN6O2S/c1-16-13-8(12-15-16)14-19(17,18)7-3-6(11)5(10)2-4(7)9/h2-3H,11H2,1H3,(H,13,14). The molecular weight excluding hydrogens is 299 g/mol. The molecule has 0 amide bonds. The van der Waals surface area contributed by atoms with Crippen molar-refractivity contribution in [2.75, 3.05) is 10.5 Å². The molecule has 0 saturated heterocycles. The van der Waals surface area contributed by atoms with E-state index in [0.29, 0.717) is 0 Å². The van der Waals surface area contributed by atoms with Gasteiger partial charge in [-0.2, -0.15) is 4.80 Å². The first kappa shape index (κ1) is 13.5. The second-order valence-electron chi connectivity index (χ2n) is 3.51. The van der Waals surface area contributed by atoms with Crippen LogP contribution in [-0.2, 0) is 17.1 Å². The average molecular weight is 307 g/mol. The third-order valence-corrected chi connectivity index (χ3v) is 3.87. The van der Waals surface area contributed by atoms with Gasteiger partial charge >= 0.3 is 0 Å². The van der Waals surface area contributed by atoms with Crippen LogP contribution in [0.2, 0.25) is 5.02 Å². The zero-order chi connectivity index (χ0) is 14.2. The van der Waals surface area contributed by atoms with Crippen LogP contribution >= 0.6 is 11.6 Å². The molecule has 1 aromatic carbocycles. The number of anilines is 2. The van der Waals surface area contributed by atoms with E-state index in [1.807, 2.05) is 4.72 Å². The van der Waals surface area contributed by atoms with Crippen molar-refractivity contribution >= 4 is 33.3 Å². The Morgan fingerprint density at radius 3 is 2.74 bits per heavy atom. The molecule has 1 heterocycles. The number of nitrogens with one attached hydrogen (secondary N) is 1. The van der Waals surface area contributed by atoms with Gasteiger partial charge in [0.2, 0.25) is 0 Å². The van der Waals surface area contributed by atoms with Crippen molar-refractivity contribution < 1.29 is 12.8 Å². The third-order valence-electron chi connectivity index (χ3n) is 2.07. The summed E-state index contributed by atoms with van der Waals surface area (Å²) in [5, 5.41) is 10.3. The quantitative estimate of drug-likeness (QED) is 0.792. The normalized spacial score (nSPS) is 11.5. The first-order valence-corrected chi connectivity index (χ1v) is 6.67. The summed E-state index contributed by atoms with van der Waals surface area (Å²) in [6, 6.07) is 1.73. The fourth-order valence-electron chi connectivity index (χ4n) is 1.25. The number of nitrogen functional groups attached to an aromatic ring is 1. The fraction of sp³-hybridized carbons (Fsp3) is 0.125. The highest BCUT2D eigenvalue weighted by molar-refractivity contribution is 7.92. The Kier molecular flexibility index (Phi) is 3.28. The van der Waals surface area contributed by atoms with E-state index < -0.39 is 15.8 Å². The number of sulfonamides is 1. The monoisotopic (exact) mass is 306 g/mol. The van der Waals surface area contributed by atoms with E-state index in [4.69, 9.17) is 17.3 Å². The number of halogens is 2. The van der Waals surface area contributed by atoms with E-state index in [1.165, 1.54) is 7.05 Å². The Morgan fingerprint density at radius 2 is 2.16 bits per heavy atom. The number of tetrazole rings is 1. The van der Waals surface area contributed by atoms with Crippen LogP contribution in [0.1, 0.15) is 0 Å². The van der Waals surface area contributed by atoms with Gasteiger partial charge in [0.15, 0.2) is 0 Å². The number of benzene rings is 1. The minimum atomic E-state index is -4.08. The second kappa shape index (κ2) is 4.63. The van der Waals surface area contributed by atoms with E-state index in [9.17, 15) is 12.8 Å². The van der Waals surface area contributed by atoms with Gasteiger partial charge in [-0.25, -0.2) is 17.5 Å². The molecule has 0 bridgehead atoms. The molecule has 0 radical (unpaired) electrons. The van der Waals surface area contributed by atoms with Gasteiger partial charge in [0.25, 0.3) is 16.0 Å². The predicted octanol–water partition coefficient (Wildman–Crippen LogP) is 0.386. The Morgan fingerprint density at radius 1 is 1.47 bits per heavy atom. The number of aryl methyl sites for hydroxylation is 1. The van der Waals surface area contributed by atoms with E-state index in [2.05, 4.69) is 15.4 Å². The lowest BCUT2D eigenvalue weighted by Gasteiger charge is -2.07.